The summed E-state index contributed by atoms with van der Waals surface area (Å²) in [6.45, 7) is 1.08. The summed E-state index contributed by atoms with van der Waals surface area (Å²) in [5.74, 6) is 2.03. The fraction of sp³-hybridized carbons (Fsp3) is 0.333. The van der Waals surface area contributed by atoms with E-state index in [1.807, 2.05) is 18.2 Å². The maximum absolute atomic E-state index is 5.45. The molecule has 5 heteroatoms. The van der Waals surface area contributed by atoms with Crippen molar-refractivity contribution in [1.29, 1.82) is 0 Å². The lowest BCUT2D eigenvalue weighted by Crippen LogP contribution is -1.87. The Kier molecular flexibility index (Phi) is 2.53. The zero-order chi connectivity index (χ0) is 11.7. The van der Waals surface area contributed by atoms with Gasteiger partial charge in [0.2, 0.25) is 5.82 Å². The first-order valence-corrected chi connectivity index (χ1v) is 5.44. The number of methoxy groups -OCH3 is 1. The maximum Gasteiger partial charge on any atom is 0.252 e. The van der Waals surface area contributed by atoms with Gasteiger partial charge in [0.05, 0.1) is 6.61 Å². The zero-order valence-corrected chi connectivity index (χ0v) is 9.47. The Bertz CT molecular complexity index is 536. The van der Waals surface area contributed by atoms with E-state index in [1.54, 1.807) is 7.11 Å². The number of hydrogen-bond donors (Lipinski definition) is 0. The maximum atomic E-state index is 5.45. The number of rotatable bonds is 3. The Morgan fingerprint density at radius 1 is 1.41 bits per heavy atom. The second-order valence-corrected chi connectivity index (χ2v) is 3.87. The largest absolute Gasteiger partial charge is 0.493 e. The summed E-state index contributed by atoms with van der Waals surface area (Å²) in [7, 11) is 1.59. The molecule has 1 aromatic heterocycles. The average molecular weight is 232 g/mol. The summed E-state index contributed by atoms with van der Waals surface area (Å²) < 4.78 is 15.4. The minimum atomic E-state index is 0.334. The molecule has 0 amide bonds. The third kappa shape index (κ3) is 1.89. The summed E-state index contributed by atoms with van der Waals surface area (Å²) >= 11 is 0. The van der Waals surface area contributed by atoms with E-state index in [-0.39, 0.29) is 0 Å². The number of fused-ring (bicyclic) bond motifs is 1. The minimum absolute atomic E-state index is 0.334. The lowest BCUT2D eigenvalue weighted by molar-refractivity contribution is 0.151. The van der Waals surface area contributed by atoms with E-state index in [0.29, 0.717) is 18.3 Å². The van der Waals surface area contributed by atoms with Crippen LogP contribution in [0.1, 0.15) is 11.5 Å². The molecule has 1 aliphatic heterocycles. The second kappa shape index (κ2) is 4.18. The van der Waals surface area contributed by atoms with Crippen molar-refractivity contribution >= 4 is 0 Å². The van der Waals surface area contributed by atoms with Crippen LogP contribution in [0.4, 0.5) is 0 Å². The molecule has 5 nitrogen and oxygen atoms in total. The molecule has 17 heavy (non-hydrogen) atoms. The molecule has 1 aromatic carbocycles. The van der Waals surface area contributed by atoms with Crippen LogP contribution in [-0.4, -0.2) is 23.9 Å². The predicted molar refractivity (Wildman–Crippen MR) is 59.6 cm³/mol. The molecule has 0 unspecified atom stereocenters. The first kappa shape index (κ1) is 10.3. The Morgan fingerprint density at radius 3 is 3.24 bits per heavy atom. The summed E-state index contributed by atoms with van der Waals surface area (Å²) in [6, 6.07) is 5.93. The number of aromatic nitrogens is 2. The molecule has 3 rings (SSSR count). The molecule has 0 radical (unpaired) electrons. The van der Waals surface area contributed by atoms with Crippen molar-refractivity contribution in [3.63, 3.8) is 0 Å². The van der Waals surface area contributed by atoms with Crippen molar-refractivity contribution in [3.8, 4) is 17.1 Å². The fourth-order valence-corrected chi connectivity index (χ4v) is 1.88. The van der Waals surface area contributed by atoms with Gasteiger partial charge in [0.15, 0.2) is 0 Å². The van der Waals surface area contributed by atoms with E-state index in [2.05, 4.69) is 10.1 Å². The highest BCUT2D eigenvalue weighted by atomic mass is 16.5. The normalized spacial score (nSPS) is 13.5. The minimum Gasteiger partial charge on any atom is -0.493 e. The third-order valence-corrected chi connectivity index (χ3v) is 2.68. The van der Waals surface area contributed by atoms with Crippen molar-refractivity contribution in [2.45, 2.75) is 13.0 Å². The molecule has 0 spiro atoms. The highest BCUT2D eigenvalue weighted by Crippen LogP contribution is 2.29. The molecule has 0 aliphatic carbocycles. The second-order valence-electron chi connectivity index (χ2n) is 3.87. The average Bonchev–Trinajstić information content (AvgIpc) is 2.96. The van der Waals surface area contributed by atoms with Gasteiger partial charge in [-0.2, -0.15) is 4.98 Å². The van der Waals surface area contributed by atoms with E-state index < -0.39 is 0 Å². The smallest absolute Gasteiger partial charge is 0.252 e. The molecule has 0 atom stereocenters. The van der Waals surface area contributed by atoms with Crippen LogP contribution in [0.15, 0.2) is 22.7 Å². The quantitative estimate of drug-likeness (QED) is 0.807. The predicted octanol–water partition coefficient (Wildman–Crippen LogP) is 1.82. The van der Waals surface area contributed by atoms with Crippen molar-refractivity contribution in [3.05, 3.63) is 29.7 Å². The molecule has 0 N–H and O–H groups in total. The van der Waals surface area contributed by atoms with Crippen molar-refractivity contribution in [2.75, 3.05) is 13.7 Å². The molecule has 88 valence electrons. The van der Waals surface area contributed by atoms with Gasteiger partial charge >= 0.3 is 0 Å². The summed E-state index contributed by atoms with van der Waals surface area (Å²) in [5, 5.41) is 3.92. The highest BCUT2D eigenvalue weighted by molar-refractivity contribution is 5.59. The molecular weight excluding hydrogens is 220 g/mol. The van der Waals surface area contributed by atoms with E-state index in [0.717, 1.165) is 24.3 Å². The SMILES string of the molecule is COCc1nc(-c2ccc3c(c2)CCO3)no1. The van der Waals surface area contributed by atoms with Gasteiger partial charge in [0.1, 0.15) is 12.4 Å². The molecule has 2 heterocycles. The fourth-order valence-electron chi connectivity index (χ4n) is 1.88. The molecule has 1 aliphatic rings. The van der Waals surface area contributed by atoms with Crippen LogP contribution >= 0.6 is 0 Å². The van der Waals surface area contributed by atoms with E-state index in [9.17, 15) is 0 Å². The van der Waals surface area contributed by atoms with Gasteiger partial charge in [-0.3, -0.25) is 0 Å². The molecule has 0 fully saturated rings. The van der Waals surface area contributed by atoms with Gasteiger partial charge in [0, 0.05) is 19.1 Å². The molecule has 0 saturated heterocycles. The highest BCUT2D eigenvalue weighted by Gasteiger charge is 2.15. The number of benzene rings is 1. The van der Waals surface area contributed by atoms with Crippen LogP contribution in [0.5, 0.6) is 5.75 Å². The van der Waals surface area contributed by atoms with Crippen molar-refractivity contribution in [1.82, 2.24) is 10.1 Å². The zero-order valence-electron chi connectivity index (χ0n) is 9.47. The van der Waals surface area contributed by atoms with E-state index >= 15 is 0 Å². The van der Waals surface area contributed by atoms with Crippen LogP contribution in [0.2, 0.25) is 0 Å². The standard InChI is InChI=1S/C12H12N2O3/c1-15-7-11-13-12(14-17-11)9-2-3-10-8(6-9)4-5-16-10/h2-3,6H,4-5,7H2,1H3. The van der Waals surface area contributed by atoms with Crippen molar-refractivity contribution < 1.29 is 14.0 Å². The first-order chi connectivity index (χ1) is 8.36. The number of hydrogen-bond acceptors (Lipinski definition) is 5. The van der Waals surface area contributed by atoms with Crippen LogP contribution in [0.25, 0.3) is 11.4 Å². The Hall–Kier alpha value is -1.88. The lowest BCUT2D eigenvalue weighted by Gasteiger charge is -1.99. The Morgan fingerprint density at radius 2 is 2.35 bits per heavy atom. The van der Waals surface area contributed by atoms with Crippen molar-refractivity contribution in [2.24, 2.45) is 0 Å². The monoisotopic (exact) mass is 232 g/mol. The van der Waals surface area contributed by atoms with Gasteiger partial charge in [-0.25, -0.2) is 0 Å². The van der Waals surface area contributed by atoms with Crippen LogP contribution in [0, 0.1) is 0 Å². The van der Waals surface area contributed by atoms with Gasteiger partial charge < -0.3 is 14.0 Å². The van der Waals surface area contributed by atoms with Crippen LogP contribution in [0.3, 0.4) is 0 Å². The third-order valence-electron chi connectivity index (χ3n) is 2.68. The van der Waals surface area contributed by atoms with Gasteiger partial charge in [-0.1, -0.05) is 5.16 Å². The summed E-state index contributed by atoms with van der Waals surface area (Å²) in [5.41, 5.74) is 2.14. The lowest BCUT2D eigenvalue weighted by atomic mass is 10.1. The number of nitrogens with zero attached hydrogens (tertiary/aromatic N) is 2. The van der Waals surface area contributed by atoms with Crippen LogP contribution in [-0.2, 0) is 17.8 Å². The summed E-state index contributed by atoms with van der Waals surface area (Å²) in [6.07, 6.45) is 0.936. The van der Waals surface area contributed by atoms with Gasteiger partial charge in [-0.05, 0) is 23.8 Å². The Labute approximate surface area is 98.4 Å². The molecule has 0 bridgehead atoms. The molecule has 2 aromatic rings. The van der Waals surface area contributed by atoms with Gasteiger partial charge in [0.25, 0.3) is 5.89 Å². The van der Waals surface area contributed by atoms with E-state index in [1.165, 1.54) is 5.56 Å². The first-order valence-electron chi connectivity index (χ1n) is 5.44. The van der Waals surface area contributed by atoms with Gasteiger partial charge in [-0.15, -0.1) is 0 Å². The topological polar surface area (TPSA) is 57.4 Å². The van der Waals surface area contributed by atoms with Crippen LogP contribution < -0.4 is 4.74 Å². The number of ether oxygens (including phenoxy) is 2. The molecular formula is C12H12N2O3. The Balaban J connectivity index is 1.92. The molecule has 0 saturated carbocycles. The van der Waals surface area contributed by atoms with E-state index in [4.69, 9.17) is 14.0 Å². The summed E-state index contributed by atoms with van der Waals surface area (Å²) in [4.78, 5) is 4.25.